The third kappa shape index (κ3) is 3.68. The van der Waals surface area contributed by atoms with Crippen LogP contribution in [0, 0.1) is 0 Å². The minimum absolute atomic E-state index is 0.133. The highest BCUT2D eigenvalue weighted by atomic mass is 16.1. The van der Waals surface area contributed by atoms with Gasteiger partial charge in [-0.2, -0.15) is 0 Å². The molecular weight excluding hydrogens is 554 g/mol. The highest BCUT2D eigenvalue weighted by Crippen LogP contribution is 2.34. The second-order valence-electron chi connectivity index (χ2n) is 11.3. The summed E-state index contributed by atoms with van der Waals surface area (Å²) < 4.78 is 5.53. The Morgan fingerprint density at radius 1 is 0.378 bits per heavy atom. The molecule has 0 spiro atoms. The molecule has 5 heteroatoms. The number of fused-ring (bicyclic) bond motifs is 3. The van der Waals surface area contributed by atoms with Gasteiger partial charge in [0.05, 0.1) is 22.1 Å². The smallest absolute Gasteiger partial charge is 0.280 e. The summed E-state index contributed by atoms with van der Waals surface area (Å²) in [6, 6.07) is 49.9. The van der Waals surface area contributed by atoms with Crippen LogP contribution in [0.4, 0.5) is 0 Å². The number of nitrogens with zero attached hydrogens (tertiary/aromatic N) is 3. The Bertz CT molecular complexity index is 2680. The van der Waals surface area contributed by atoms with E-state index >= 15 is 0 Å². The standard InChI is InChI=1S/C40H25N3O2/c44-39-34-22-11-23-35-36(34)43-37(40(45)41(35)30-18-9-16-28(24-30)26-12-3-1-4-13-26)32-20-7-8-21-33(32)38(43)42(39)31-19-10-17-29(25-31)27-14-5-2-6-15-27/h1-25H. The van der Waals surface area contributed by atoms with Crippen molar-refractivity contribution in [3.8, 4) is 33.6 Å². The summed E-state index contributed by atoms with van der Waals surface area (Å²) in [5, 5.41) is 2.20. The quantitative estimate of drug-likeness (QED) is 0.210. The van der Waals surface area contributed by atoms with Gasteiger partial charge in [-0.25, -0.2) is 0 Å². The van der Waals surface area contributed by atoms with E-state index in [1.807, 2.05) is 120 Å². The molecule has 212 valence electrons. The first-order chi connectivity index (χ1) is 22.2. The summed E-state index contributed by atoms with van der Waals surface area (Å²) in [4.78, 5) is 29.4. The minimum atomic E-state index is -0.139. The van der Waals surface area contributed by atoms with Crippen molar-refractivity contribution < 1.29 is 0 Å². The average Bonchev–Trinajstić information content (AvgIpc) is 3.45. The fourth-order valence-corrected chi connectivity index (χ4v) is 6.84. The van der Waals surface area contributed by atoms with Crippen LogP contribution in [0.3, 0.4) is 0 Å². The number of para-hydroxylation sites is 1. The minimum Gasteiger partial charge on any atom is -0.287 e. The maximum Gasteiger partial charge on any atom is 0.280 e. The monoisotopic (exact) mass is 579 g/mol. The molecule has 3 aromatic heterocycles. The van der Waals surface area contributed by atoms with E-state index in [4.69, 9.17) is 0 Å². The third-order valence-electron chi connectivity index (χ3n) is 8.81. The Labute approximate surface area is 257 Å². The van der Waals surface area contributed by atoms with Gasteiger partial charge in [0.25, 0.3) is 11.1 Å². The van der Waals surface area contributed by atoms with Crippen molar-refractivity contribution in [2.75, 3.05) is 0 Å². The largest absolute Gasteiger partial charge is 0.287 e. The second kappa shape index (κ2) is 9.66. The lowest BCUT2D eigenvalue weighted by molar-refractivity contribution is 0.984. The van der Waals surface area contributed by atoms with E-state index in [0.717, 1.165) is 49.9 Å². The van der Waals surface area contributed by atoms with Crippen LogP contribution < -0.4 is 11.1 Å². The molecule has 0 unspecified atom stereocenters. The SMILES string of the molecule is O=c1c2c3ccccc3c3n(-c4cccc(-c5ccccc5)c4)c(=O)c4cccc(c4n23)n1-c1cccc(-c2ccccc2)c1. The van der Waals surface area contributed by atoms with Gasteiger partial charge in [-0.3, -0.25) is 23.1 Å². The van der Waals surface area contributed by atoms with Crippen molar-refractivity contribution in [3.05, 3.63) is 172 Å². The Morgan fingerprint density at radius 2 is 0.889 bits per heavy atom. The van der Waals surface area contributed by atoms with E-state index in [0.29, 0.717) is 22.1 Å². The van der Waals surface area contributed by atoms with Crippen molar-refractivity contribution in [2.24, 2.45) is 0 Å². The first-order valence-corrected chi connectivity index (χ1v) is 15.0. The van der Waals surface area contributed by atoms with Gasteiger partial charge in [0.1, 0.15) is 11.2 Å². The van der Waals surface area contributed by atoms with Gasteiger partial charge in [0, 0.05) is 16.5 Å². The van der Waals surface area contributed by atoms with Crippen molar-refractivity contribution in [3.63, 3.8) is 0 Å². The van der Waals surface area contributed by atoms with Gasteiger partial charge < -0.3 is 0 Å². The molecule has 0 aliphatic rings. The maximum absolute atomic E-state index is 14.8. The topological polar surface area (TPSA) is 48.4 Å². The molecule has 0 radical (unpaired) electrons. The molecule has 6 aromatic carbocycles. The third-order valence-corrected chi connectivity index (χ3v) is 8.81. The van der Waals surface area contributed by atoms with Crippen molar-refractivity contribution >= 4 is 38.4 Å². The number of rotatable bonds is 4. The number of hydrogen-bond donors (Lipinski definition) is 0. The van der Waals surface area contributed by atoms with Gasteiger partial charge in [0.2, 0.25) is 0 Å². The second-order valence-corrected chi connectivity index (χ2v) is 11.3. The molecule has 0 fully saturated rings. The zero-order valence-electron chi connectivity index (χ0n) is 24.1. The molecule has 9 aromatic rings. The van der Waals surface area contributed by atoms with Crippen LogP contribution in [-0.4, -0.2) is 13.5 Å². The molecule has 5 nitrogen and oxygen atoms in total. The lowest BCUT2D eigenvalue weighted by Gasteiger charge is -2.19. The lowest BCUT2D eigenvalue weighted by Crippen LogP contribution is -2.26. The summed E-state index contributed by atoms with van der Waals surface area (Å²) in [5.41, 5.74) is 8.01. The number of benzene rings is 6. The Morgan fingerprint density at radius 3 is 1.53 bits per heavy atom. The van der Waals surface area contributed by atoms with Crippen molar-refractivity contribution in [2.45, 2.75) is 0 Å². The van der Waals surface area contributed by atoms with Crippen LogP contribution in [0.15, 0.2) is 161 Å². The van der Waals surface area contributed by atoms with E-state index in [1.165, 1.54) is 0 Å². The van der Waals surface area contributed by atoms with Crippen LogP contribution in [0.5, 0.6) is 0 Å². The van der Waals surface area contributed by atoms with E-state index in [9.17, 15) is 9.59 Å². The molecule has 0 aliphatic heterocycles. The molecular formula is C40H25N3O2. The molecule has 0 saturated carbocycles. The number of aromatic nitrogens is 3. The molecule has 0 atom stereocenters. The first-order valence-electron chi connectivity index (χ1n) is 15.0. The fraction of sp³-hybridized carbons (Fsp3) is 0. The zero-order chi connectivity index (χ0) is 30.1. The van der Waals surface area contributed by atoms with Crippen LogP contribution in [0.25, 0.3) is 72.0 Å². The molecule has 0 aliphatic carbocycles. The van der Waals surface area contributed by atoms with Crippen LogP contribution in [0.2, 0.25) is 0 Å². The van der Waals surface area contributed by atoms with Gasteiger partial charge in [0.15, 0.2) is 0 Å². The van der Waals surface area contributed by atoms with Crippen molar-refractivity contribution in [1.29, 1.82) is 0 Å². The van der Waals surface area contributed by atoms with Crippen molar-refractivity contribution in [1.82, 2.24) is 13.5 Å². The average molecular weight is 580 g/mol. The van der Waals surface area contributed by atoms with Gasteiger partial charge >= 0.3 is 0 Å². The normalized spacial score (nSPS) is 11.7. The molecule has 0 bridgehead atoms. The molecule has 0 amide bonds. The first kappa shape index (κ1) is 25.3. The molecule has 9 rings (SSSR count). The van der Waals surface area contributed by atoms with E-state index in [2.05, 4.69) is 36.4 Å². The summed E-state index contributed by atoms with van der Waals surface area (Å²) in [7, 11) is 0. The summed E-state index contributed by atoms with van der Waals surface area (Å²) in [6.07, 6.45) is 0. The van der Waals surface area contributed by atoms with Crippen LogP contribution >= 0.6 is 0 Å². The maximum atomic E-state index is 14.8. The van der Waals surface area contributed by atoms with Crippen LogP contribution in [-0.2, 0) is 0 Å². The van der Waals surface area contributed by atoms with Crippen LogP contribution in [0.1, 0.15) is 0 Å². The predicted molar refractivity (Wildman–Crippen MR) is 183 cm³/mol. The highest BCUT2D eigenvalue weighted by Gasteiger charge is 2.25. The molecule has 0 saturated heterocycles. The Balaban J connectivity index is 1.42. The van der Waals surface area contributed by atoms with Gasteiger partial charge in [-0.05, 0) is 58.7 Å². The predicted octanol–water partition coefficient (Wildman–Crippen LogP) is 8.47. The molecule has 45 heavy (non-hydrogen) atoms. The van der Waals surface area contributed by atoms with Gasteiger partial charge in [-0.1, -0.05) is 115 Å². The van der Waals surface area contributed by atoms with E-state index < -0.39 is 0 Å². The fourth-order valence-electron chi connectivity index (χ4n) is 6.84. The Hall–Kier alpha value is -6.20. The zero-order valence-corrected chi connectivity index (χ0v) is 24.1. The summed E-state index contributed by atoms with van der Waals surface area (Å²) >= 11 is 0. The molecule has 0 N–H and O–H groups in total. The Kier molecular flexibility index (Phi) is 5.43. The van der Waals surface area contributed by atoms with E-state index in [-0.39, 0.29) is 11.1 Å². The van der Waals surface area contributed by atoms with Gasteiger partial charge in [-0.15, -0.1) is 0 Å². The summed E-state index contributed by atoms with van der Waals surface area (Å²) in [6.45, 7) is 0. The summed E-state index contributed by atoms with van der Waals surface area (Å²) in [5.74, 6) is 0. The lowest BCUT2D eigenvalue weighted by atomic mass is 10.0. The number of hydrogen-bond acceptors (Lipinski definition) is 2. The highest BCUT2D eigenvalue weighted by molar-refractivity contribution is 6.12. The van der Waals surface area contributed by atoms with E-state index in [1.54, 1.807) is 9.13 Å². The molecule has 3 heterocycles.